The van der Waals surface area contributed by atoms with Gasteiger partial charge in [0.2, 0.25) is 0 Å². The molecule has 4 heteroatoms. The summed E-state index contributed by atoms with van der Waals surface area (Å²) in [7, 11) is 0. The van der Waals surface area contributed by atoms with E-state index in [-0.39, 0.29) is 18.0 Å². The molecule has 4 nitrogen and oxygen atoms in total. The molecular weight excluding hydrogens is 300 g/mol. The van der Waals surface area contributed by atoms with E-state index >= 15 is 0 Å². The Morgan fingerprint density at radius 3 is 2.62 bits per heavy atom. The standard InChI is InChI=1S/C20H28N2O2/c1-3-13-22(19-11-7-8-12-19)20(24)21-15-18(14-16(2)23)17-9-5-4-6-10-17/h1,4-6,9-10,16,18-19,23H,7-8,11-15H2,2H3,(H,21,24). The Balaban J connectivity index is 1.98. The highest BCUT2D eigenvalue weighted by atomic mass is 16.3. The first-order valence-electron chi connectivity index (χ1n) is 8.82. The van der Waals surface area contributed by atoms with Crippen LogP contribution in [0.15, 0.2) is 30.3 Å². The molecule has 0 aromatic heterocycles. The van der Waals surface area contributed by atoms with Gasteiger partial charge in [-0.2, -0.15) is 0 Å². The molecule has 1 aliphatic carbocycles. The normalized spacial score (nSPS) is 17.0. The Labute approximate surface area is 145 Å². The van der Waals surface area contributed by atoms with Crippen LogP contribution >= 0.6 is 0 Å². The minimum atomic E-state index is -0.413. The Kier molecular flexibility index (Phi) is 7.14. The van der Waals surface area contributed by atoms with E-state index in [0.717, 1.165) is 31.2 Å². The monoisotopic (exact) mass is 328 g/mol. The molecular formula is C20H28N2O2. The number of carbonyl (C=O) groups excluding carboxylic acids is 1. The molecule has 1 saturated carbocycles. The summed E-state index contributed by atoms with van der Waals surface area (Å²) in [6.45, 7) is 2.63. The number of hydrogen-bond donors (Lipinski definition) is 2. The van der Waals surface area contributed by atoms with Crippen molar-refractivity contribution in [3.63, 3.8) is 0 Å². The Bertz CT molecular complexity index is 545. The smallest absolute Gasteiger partial charge is 0.318 e. The van der Waals surface area contributed by atoms with Gasteiger partial charge in [-0.15, -0.1) is 6.42 Å². The second-order valence-electron chi connectivity index (χ2n) is 6.65. The van der Waals surface area contributed by atoms with Crippen molar-refractivity contribution in [1.82, 2.24) is 10.2 Å². The van der Waals surface area contributed by atoms with Crippen molar-refractivity contribution in [3.8, 4) is 12.3 Å². The molecule has 2 amide bonds. The van der Waals surface area contributed by atoms with Gasteiger partial charge in [0.1, 0.15) is 0 Å². The lowest BCUT2D eigenvalue weighted by Crippen LogP contribution is -2.46. The lowest BCUT2D eigenvalue weighted by molar-refractivity contribution is 0.167. The van der Waals surface area contributed by atoms with Crippen molar-refractivity contribution >= 4 is 6.03 Å². The average Bonchev–Trinajstić information content (AvgIpc) is 3.10. The largest absolute Gasteiger partial charge is 0.393 e. The predicted octanol–water partition coefficient (Wildman–Crippen LogP) is 3.13. The molecule has 0 radical (unpaired) electrons. The van der Waals surface area contributed by atoms with Gasteiger partial charge in [-0.3, -0.25) is 0 Å². The third-order valence-electron chi connectivity index (χ3n) is 4.68. The molecule has 1 aromatic rings. The second-order valence-corrected chi connectivity index (χ2v) is 6.65. The van der Waals surface area contributed by atoms with Gasteiger partial charge in [-0.25, -0.2) is 4.79 Å². The van der Waals surface area contributed by atoms with Crippen LogP contribution in [0.2, 0.25) is 0 Å². The highest BCUT2D eigenvalue weighted by Gasteiger charge is 2.26. The van der Waals surface area contributed by atoms with Crippen molar-refractivity contribution in [2.75, 3.05) is 13.1 Å². The molecule has 0 heterocycles. The van der Waals surface area contributed by atoms with Gasteiger partial charge in [-0.05, 0) is 31.7 Å². The van der Waals surface area contributed by atoms with Crippen LogP contribution < -0.4 is 5.32 Å². The molecule has 1 aliphatic rings. The topological polar surface area (TPSA) is 52.6 Å². The second kappa shape index (κ2) is 9.34. The van der Waals surface area contributed by atoms with Crippen LogP contribution in [0.4, 0.5) is 4.79 Å². The fourth-order valence-corrected chi connectivity index (χ4v) is 3.47. The number of nitrogens with one attached hydrogen (secondary N) is 1. The van der Waals surface area contributed by atoms with E-state index in [9.17, 15) is 9.90 Å². The fourth-order valence-electron chi connectivity index (χ4n) is 3.47. The summed E-state index contributed by atoms with van der Waals surface area (Å²) in [5.74, 6) is 2.69. The molecule has 130 valence electrons. The maximum absolute atomic E-state index is 12.6. The summed E-state index contributed by atoms with van der Waals surface area (Å²) in [5, 5.41) is 12.8. The molecule has 1 aromatic carbocycles. The number of aliphatic hydroxyl groups excluding tert-OH is 1. The molecule has 0 spiro atoms. The molecule has 2 N–H and O–H groups in total. The molecule has 2 rings (SSSR count). The maximum atomic E-state index is 12.6. The first kappa shape index (κ1) is 18.4. The quantitative estimate of drug-likeness (QED) is 0.756. The number of rotatable bonds is 7. The van der Waals surface area contributed by atoms with Crippen LogP contribution in [0, 0.1) is 12.3 Å². The summed E-state index contributed by atoms with van der Waals surface area (Å²) in [5.41, 5.74) is 1.13. The number of urea groups is 1. The zero-order valence-electron chi connectivity index (χ0n) is 14.4. The van der Waals surface area contributed by atoms with Gasteiger partial charge in [0.05, 0.1) is 12.6 Å². The highest BCUT2D eigenvalue weighted by Crippen LogP contribution is 2.24. The maximum Gasteiger partial charge on any atom is 0.318 e. The van der Waals surface area contributed by atoms with Crippen LogP contribution in [0.25, 0.3) is 0 Å². The molecule has 2 unspecified atom stereocenters. The van der Waals surface area contributed by atoms with E-state index in [0.29, 0.717) is 19.5 Å². The minimum Gasteiger partial charge on any atom is -0.393 e. The zero-order chi connectivity index (χ0) is 17.4. The lowest BCUT2D eigenvalue weighted by atomic mass is 9.93. The number of amides is 2. The molecule has 24 heavy (non-hydrogen) atoms. The molecule has 1 fully saturated rings. The number of nitrogens with zero attached hydrogens (tertiary/aromatic N) is 1. The van der Waals surface area contributed by atoms with Crippen LogP contribution in [0.5, 0.6) is 0 Å². The number of aliphatic hydroxyl groups is 1. The highest BCUT2D eigenvalue weighted by molar-refractivity contribution is 5.75. The van der Waals surface area contributed by atoms with Crippen LogP contribution in [-0.4, -0.2) is 41.3 Å². The Morgan fingerprint density at radius 2 is 2.04 bits per heavy atom. The molecule has 0 bridgehead atoms. The Morgan fingerprint density at radius 1 is 1.38 bits per heavy atom. The fraction of sp³-hybridized carbons (Fsp3) is 0.550. The SMILES string of the molecule is C#CCN(C(=O)NCC(CC(C)O)c1ccccc1)C1CCCC1. The van der Waals surface area contributed by atoms with Crippen LogP contribution in [0.3, 0.4) is 0 Å². The van der Waals surface area contributed by atoms with Crippen molar-refractivity contribution < 1.29 is 9.90 Å². The summed E-state index contributed by atoms with van der Waals surface area (Å²) >= 11 is 0. The minimum absolute atomic E-state index is 0.0893. The number of terminal acetylenes is 1. The summed E-state index contributed by atoms with van der Waals surface area (Å²) < 4.78 is 0. The number of benzene rings is 1. The molecule has 2 atom stereocenters. The van der Waals surface area contributed by atoms with Gasteiger partial charge in [0.25, 0.3) is 0 Å². The van der Waals surface area contributed by atoms with E-state index in [2.05, 4.69) is 11.2 Å². The number of carbonyl (C=O) groups is 1. The van der Waals surface area contributed by atoms with E-state index in [4.69, 9.17) is 6.42 Å². The van der Waals surface area contributed by atoms with Gasteiger partial charge in [-0.1, -0.05) is 49.1 Å². The third-order valence-corrected chi connectivity index (χ3v) is 4.68. The first-order chi connectivity index (χ1) is 11.6. The van der Waals surface area contributed by atoms with Gasteiger partial charge in [0, 0.05) is 18.5 Å². The molecule has 0 saturated heterocycles. The van der Waals surface area contributed by atoms with Crippen molar-refractivity contribution in [2.45, 2.75) is 57.1 Å². The van der Waals surface area contributed by atoms with E-state index in [1.54, 1.807) is 11.8 Å². The third kappa shape index (κ3) is 5.28. The first-order valence-corrected chi connectivity index (χ1v) is 8.82. The average molecular weight is 328 g/mol. The van der Waals surface area contributed by atoms with Crippen LogP contribution in [0.1, 0.15) is 50.5 Å². The number of hydrogen-bond acceptors (Lipinski definition) is 2. The van der Waals surface area contributed by atoms with E-state index < -0.39 is 6.10 Å². The summed E-state index contributed by atoms with van der Waals surface area (Å²) in [6, 6.07) is 10.2. The van der Waals surface area contributed by atoms with Crippen molar-refractivity contribution in [2.24, 2.45) is 0 Å². The van der Waals surface area contributed by atoms with Gasteiger partial charge >= 0.3 is 6.03 Å². The predicted molar refractivity (Wildman–Crippen MR) is 96.7 cm³/mol. The van der Waals surface area contributed by atoms with Crippen LogP contribution in [-0.2, 0) is 0 Å². The van der Waals surface area contributed by atoms with E-state index in [1.165, 1.54) is 0 Å². The van der Waals surface area contributed by atoms with Crippen molar-refractivity contribution in [1.29, 1.82) is 0 Å². The van der Waals surface area contributed by atoms with E-state index in [1.807, 2.05) is 30.3 Å². The molecule has 0 aliphatic heterocycles. The zero-order valence-corrected chi connectivity index (χ0v) is 14.4. The lowest BCUT2D eigenvalue weighted by Gasteiger charge is -2.28. The summed E-state index contributed by atoms with van der Waals surface area (Å²) in [6.07, 6.45) is 10.0. The Hall–Kier alpha value is -1.99. The van der Waals surface area contributed by atoms with Crippen molar-refractivity contribution in [3.05, 3.63) is 35.9 Å². The summed E-state index contributed by atoms with van der Waals surface area (Å²) in [4.78, 5) is 14.4. The van der Waals surface area contributed by atoms with Gasteiger partial charge in [0.15, 0.2) is 0 Å². The van der Waals surface area contributed by atoms with Gasteiger partial charge < -0.3 is 15.3 Å².